The quantitative estimate of drug-likeness (QED) is 0.389. The molecule has 0 saturated carbocycles. The first-order valence-electron chi connectivity index (χ1n) is 6.59. The van der Waals surface area contributed by atoms with Crippen LogP contribution >= 0.6 is 22.6 Å². The van der Waals surface area contributed by atoms with E-state index < -0.39 is 4.92 Å². The van der Waals surface area contributed by atoms with E-state index in [2.05, 4.69) is 39.0 Å². The lowest BCUT2D eigenvalue weighted by atomic mass is 10.1. The molecule has 2 aromatic carbocycles. The Bertz CT molecular complexity index is 966. The van der Waals surface area contributed by atoms with Crippen molar-refractivity contribution in [1.82, 2.24) is 4.98 Å². The van der Waals surface area contributed by atoms with Crippen molar-refractivity contribution < 1.29 is 4.92 Å². The number of hydrogen-bond acceptors (Lipinski definition) is 5. The summed E-state index contributed by atoms with van der Waals surface area (Å²) in [6, 6.07) is 14.4. The van der Waals surface area contributed by atoms with Crippen molar-refractivity contribution in [3.63, 3.8) is 0 Å². The highest BCUT2D eigenvalue weighted by molar-refractivity contribution is 14.1. The number of nitrogens with one attached hydrogen (secondary N) is 1. The molecule has 0 fully saturated rings. The Balaban J connectivity index is 2.23. The molecule has 1 N–H and O–H groups in total. The maximum absolute atomic E-state index is 11.2. The van der Waals surface area contributed by atoms with Gasteiger partial charge < -0.3 is 5.32 Å². The molecule has 0 spiro atoms. The van der Waals surface area contributed by atoms with Gasteiger partial charge in [-0.15, -0.1) is 0 Å². The summed E-state index contributed by atoms with van der Waals surface area (Å²) in [5.74, 6) is 0. The van der Waals surface area contributed by atoms with Gasteiger partial charge in [0.1, 0.15) is 11.6 Å². The maximum Gasteiger partial charge on any atom is 0.295 e. The van der Waals surface area contributed by atoms with Crippen LogP contribution in [0.3, 0.4) is 0 Å². The van der Waals surface area contributed by atoms with E-state index >= 15 is 0 Å². The average molecular weight is 416 g/mol. The molecular weight excluding hydrogens is 407 g/mol. The molecule has 0 amide bonds. The van der Waals surface area contributed by atoms with Gasteiger partial charge in [0.2, 0.25) is 0 Å². The summed E-state index contributed by atoms with van der Waals surface area (Å²) in [5, 5.41) is 24.2. The zero-order valence-corrected chi connectivity index (χ0v) is 13.8. The van der Waals surface area contributed by atoms with Gasteiger partial charge in [-0.1, -0.05) is 18.2 Å². The molecular formula is C16H9IN4O2. The predicted octanol–water partition coefficient (Wildman–Crippen LogP) is 4.36. The van der Waals surface area contributed by atoms with Gasteiger partial charge in [0.15, 0.2) is 0 Å². The molecule has 112 valence electrons. The van der Waals surface area contributed by atoms with E-state index in [0.717, 1.165) is 9.26 Å². The molecule has 23 heavy (non-hydrogen) atoms. The van der Waals surface area contributed by atoms with Crippen molar-refractivity contribution in [2.24, 2.45) is 0 Å². The Morgan fingerprint density at radius 3 is 2.74 bits per heavy atom. The molecule has 0 bridgehead atoms. The number of nitro benzene ring substituents is 1. The zero-order valence-electron chi connectivity index (χ0n) is 11.7. The van der Waals surface area contributed by atoms with Crippen molar-refractivity contribution in [3.05, 3.63) is 67.9 Å². The first-order chi connectivity index (χ1) is 11.1. The number of fused-ring (bicyclic) bond motifs is 1. The van der Waals surface area contributed by atoms with E-state index in [1.165, 1.54) is 12.3 Å². The van der Waals surface area contributed by atoms with Gasteiger partial charge >= 0.3 is 0 Å². The van der Waals surface area contributed by atoms with Crippen LogP contribution in [0.2, 0.25) is 0 Å². The largest absolute Gasteiger partial charge is 0.354 e. The molecule has 0 aliphatic heterocycles. The topological polar surface area (TPSA) is 91.8 Å². The fourth-order valence-corrected chi connectivity index (χ4v) is 2.83. The molecule has 1 heterocycles. The second-order valence-electron chi connectivity index (χ2n) is 4.72. The summed E-state index contributed by atoms with van der Waals surface area (Å²) in [7, 11) is 0. The number of nitro groups is 1. The molecule has 6 nitrogen and oxygen atoms in total. The number of anilines is 2. The molecule has 7 heteroatoms. The van der Waals surface area contributed by atoms with Crippen LogP contribution in [0.5, 0.6) is 0 Å². The first-order valence-corrected chi connectivity index (χ1v) is 7.67. The van der Waals surface area contributed by atoms with E-state index in [0.29, 0.717) is 16.6 Å². The van der Waals surface area contributed by atoms with E-state index in [1.807, 2.05) is 24.3 Å². The Labute approximate surface area is 145 Å². The monoisotopic (exact) mass is 416 g/mol. The van der Waals surface area contributed by atoms with Gasteiger partial charge in [-0.3, -0.25) is 10.1 Å². The van der Waals surface area contributed by atoms with Gasteiger partial charge in [0.25, 0.3) is 5.69 Å². The van der Waals surface area contributed by atoms with Crippen molar-refractivity contribution in [2.45, 2.75) is 0 Å². The molecule has 0 saturated heterocycles. The third-order valence-corrected chi connectivity index (χ3v) is 3.96. The van der Waals surface area contributed by atoms with Crippen LogP contribution in [0.15, 0.2) is 48.7 Å². The Morgan fingerprint density at radius 1 is 1.26 bits per heavy atom. The third kappa shape index (κ3) is 2.93. The van der Waals surface area contributed by atoms with Crippen molar-refractivity contribution in [1.29, 1.82) is 5.26 Å². The number of nitrogens with zero attached hydrogens (tertiary/aromatic N) is 3. The molecule has 0 aliphatic rings. The normalized spacial score (nSPS) is 10.3. The minimum absolute atomic E-state index is 0.0855. The van der Waals surface area contributed by atoms with E-state index in [4.69, 9.17) is 0 Å². The number of rotatable bonds is 3. The summed E-state index contributed by atoms with van der Waals surface area (Å²) in [4.78, 5) is 14.8. The van der Waals surface area contributed by atoms with E-state index in [-0.39, 0.29) is 11.2 Å². The van der Waals surface area contributed by atoms with Crippen molar-refractivity contribution >= 4 is 50.6 Å². The van der Waals surface area contributed by atoms with Crippen molar-refractivity contribution in [3.8, 4) is 6.07 Å². The van der Waals surface area contributed by atoms with E-state index in [9.17, 15) is 15.4 Å². The molecule has 0 unspecified atom stereocenters. The number of benzene rings is 2. The smallest absolute Gasteiger partial charge is 0.295 e. The second kappa shape index (κ2) is 6.18. The number of para-hydroxylation sites is 1. The standard InChI is InChI=1S/C16H9IN4O2/c17-11-3-1-4-12(7-11)20-15-10(8-18)9-19-16-13(15)5-2-6-14(16)21(22)23/h1-7,9H,(H,19,20). The molecule has 1 aromatic heterocycles. The van der Waals surface area contributed by atoms with Gasteiger partial charge in [-0.25, -0.2) is 4.98 Å². The van der Waals surface area contributed by atoms with Crippen LogP contribution in [0.25, 0.3) is 10.9 Å². The summed E-state index contributed by atoms with van der Waals surface area (Å²) < 4.78 is 1.04. The SMILES string of the molecule is N#Cc1cnc2c([N+](=O)[O-])cccc2c1Nc1cccc(I)c1. The maximum atomic E-state index is 11.2. The van der Waals surface area contributed by atoms with Crippen LogP contribution in [0.4, 0.5) is 17.1 Å². The van der Waals surface area contributed by atoms with Gasteiger partial charge in [-0.2, -0.15) is 5.26 Å². The molecule has 0 aliphatic carbocycles. The minimum atomic E-state index is -0.476. The average Bonchev–Trinajstić information content (AvgIpc) is 2.54. The highest BCUT2D eigenvalue weighted by atomic mass is 127. The second-order valence-corrected chi connectivity index (χ2v) is 5.97. The lowest BCUT2D eigenvalue weighted by molar-refractivity contribution is -0.383. The first kappa shape index (κ1) is 15.2. The highest BCUT2D eigenvalue weighted by Crippen LogP contribution is 2.33. The third-order valence-electron chi connectivity index (χ3n) is 3.29. The Hall–Kier alpha value is -2.73. The number of aromatic nitrogens is 1. The lowest BCUT2D eigenvalue weighted by Gasteiger charge is -2.11. The number of non-ortho nitro benzene ring substituents is 1. The number of hydrogen-bond donors (Lipinski definition) is 1. The summed E-state index contributed by atoms with van der Waals surface area (Å²) >= 11 is 2.19. The van der Waals surface area contributed by atoms with Crippen LogP contribution in [-0.4, -0.2) is 9.91 Å². The summed E-state index contributed by atoms with van der Waals surface area (Å²) in [6.07, 6.45) is 1.35. The fourth-order valence-electron chi connectivity index (χ4n) is 2.28. The van der Waals surface area contributed by atoms with Gasteiger partial charge in [-0.05, 0) is 40.8 Å². The predicted molar refractivity (Wildman–Crippen MR) is 95.6 cm³/mol. The molecule has 0 atom stereocenters. The summed E-state index contributed by atoms with van der Waals surface area (Å²) in [6.45, 7) is 0. The van der Waals surface area contributed by atoms with Crippen molar-refractivity contribution in [2.75, 3.05) is 5.32 Å². The fraction of sp³-hybridized carbons (Fsp3) is 0. The van der Waals surface area contributed by atoms with Crippen LogP contribution in [0.1, 0.15) is 5.56 Å². The molecule has 3 rings (SSSR count). The molecule has 0 radical (unpaired) electrons. The summed E-state index contributed by atoms with van der Waals surface area (Å²) in [5.41, 5.74) is 1.81. The van der Waals surface area contributed by atoms with Gasteiger partial charge in [0.05, 0.1) is 16.2 Å². The number of halogens is 1. The zero-order chi connectivity index (χ0) is 16.4. The number of nitriles is 1. The minimum Gasteiger partial charge on any atom is -0.354 e. The number of pyridine rings is 1. The lowest BCUT2D eigenvalue weighted by Crippen LogP contribution is -1.99. The van der Waals surface area contributed by atoms with E-state index in [1.54, 1.807) is 12.1 Å². The van der Waals surface area contributed by atoms with Crippen LogP contribution in [-0.2, 0) is 0 Å². The van der Waals surface area contributed by atoms with Gasteiger partial charge in [0, 0.05) is 26.9 Å². The Morgan fingerprint density at radius 2 is 2.04 bits per heavy atom. The molecule has 3 aromatic rings. The van der Waals surface area contributed by atoms with Crippen LogP contribution in [0, 0.1) is 25.0 Å². The Kier molecular flexibility index (Phi) is 4.08. The van der Waals surface area contributed by atoms with Crippen LogP contribution < -0.4 is 5.32 Å². The highest BCUT2D eigenvalue weighted by Gasteiger charge is 2.17.